The summed E-state index contributed by atoms with van der Waals surface area (Å²) in [6.45, 7) is 1.60. The van der Waals surface area contributed by atoms with Gasteiger partial charge in [-0.1, -0.05) is 0 Å². The molecule has 1 aromatic rings. The molecule has 0 aliphatic rings. The van der Waals surface area contributed by atoms with Crippen LogP contribution in [0.5, 0.6) is 0 Å². The van der Waals surface area contributed by atoms with Gasteiger partial charge in [-0.15, -0.1) is 0 Å². The number of aryl methyl sites for hydroxylation is 2. The van der Waals surface area contributed by atoms with E-state index in [-0.39, 0.29) is 18.5 Å². The predicted octanol–water partition coefficient (Wildman–Crippen LogP) is 1.48. The second-order valence-corrected chi connectivity index (χ2v) is 3.49. The third-order valence-corrected chi connectivity index (χ3v) is 2.02. The lowest BCUT2D eigenvalue weighted by molar-refractivity contribution is -0.142. The second kappa shape index (κ2) is 4.54. The number of alkyl halides is 3. The van der Waals surface area contributed by atoms with Gasteiger partial charge < -0.3 is 5.73 Å². The van der Waals surface area contributed by atoms with E-state index in [4.69, 9.17) is 5.73 Å². The van der Waals surface area contributed by atoms with Crippen molar-refractivity contribution in [2.45, 2.75) is 32.5 Å². The number of halogens is 3. The Balaban J connectivity index is 2.67. The molecule has 7 heteroatoms. The summed E-state index contributed by atoms with van der Waals surface area (Å²) in [6.07, 6.45) is -2.60. The Morgan fingerprint density at radius 3 is 2.62 bits per heavy atom. The molecule has 90 valence electrons. The topological polar surface area (TPSA) is 60.9 Å². The van der Waals surface area contributed by atoms with Crippen LogP contribution >= 0.6 is 0 Å². The Morgan fingerprint density at radius 2 is 2.19 bits per heavy atom. The summed E-state index contributed by atoms with van der Waals surface area (Å²) in [5.41, 5.74) is 4.11. The van der Waals surface area contributed by atoms with Crippen LogP contribution in [0.3, 0.4) is 0 Å². The smallest absolute Gasteiger partial charge is 0.370 e. The van der Waals surface area contributed by atoms with E-state index < -0.39 is 17.8 Å². The van der Waals surface area contributed by atoms with Crippen LogP contribution in [0.4, 0.5) is 13.2 Å². The number of rotatable bonds is 4. The Kier molecular flexibility index (Phi) is 3.56. The first-order valence-electron chi connectivity index (χ1n) is 4.70. The van der Waals surface area contributed by atoms with Gasteiger partial charge in [0.15, 0.2) is 5.69 Å². The molecule has 0 spiro atoms. The number of primary amides is 1. The number of nitrogens with two attached hydrogens (primary N) is 1. The molecule has 1 rings (SSSR count). The summed E-state index contributed by atoms with van der Waals surface area (Å²) in [6, 6.07) is 0. The van der Waals surface area contributed by atoms with E-state index in [0.717, 1.165) is 0 Å². The SMILES string of the molecule is Cc1cn(CCCC(N)=O)nc1C(F)(F)F. The summed E-state index contributed by atoms with van der Waals surface area (Å²) >= 11 is 0. The number of amides is 1. The Bertz CT molecular complexity index is 384. The third kappa shape index (κ3) is 3.25. The molecule has 4 nitrogen and oxygen atoms in total. The number of hydrogen-bond acceptors (Lipinski definition) is 2. The van der Waals surface area contributed by atoms with Gasteiger partial charge in [0.2, 0.25) is 5.91 Å². The van der Waals surface area contributed by atoms with Crippen LogP contribution in [-0.2, 0) is 17.5 Å². The van der Waals surface area contributed by atoms with Gasteiger partial charge in [0.1, 0.15) is 0 Å². The van der Waals surface area contributed by atoms with Crippen molar-refractivity contribution in [3.05, 3.63) is 17.5 Å². The highest BCUT2D eigenvalue weighted by Gasteiger charge is 2.35. The van der Waals surface area contributed by atoms with Crippen LogP contribution in [0.25, 0.3) is 0 Å². The van der Waals surface area contributed by atoms with Crippen molar-refractivity contribution in [3.63, 3.8) is 0 Å². The first-order valence-corrected chi connectivity index (χ1v) is 4.70. The highest BCUT2D eigenvalue weighted by Crippen LogP contribution is 2.30. The molecular weight excluding hydrogens is 223 g/mol. The van der Waals surface area contributed by atoms with Gasteiger partial charge in [0.05, 0.1) is 0 Å². The van der Waals surface area contributed by atoms with Crippen molar-refractivity contribution in [1.82, 2.24) is 9.78 Å². The highest BCUT2D eigenvalue weighted by molar-refractivity contribution is 5.73. The summed E-state index contributed by atoms with van der Waals surface area (Å²) in [4.78, 5) is 10.4. The molecule has 0 aliphatic carbocycles. The largest absolute Gasteiger partial charge is 0.435 e. The summed E-state index contributed by atoms with van der Waals surface area (Å²) < 4.78 is 38.3. The lowest BCUT2D eigenvalue weighted by atomic mass is 10.3. The molecule has 0 fully saturated rings. The van der Waals surface area contributed by atoms with Gasteiger partial charge in [-0.2, -0.15) is 18.3 Å². The zero-order valence-electron chi connectivity index (χ0n) is 8.71. The molecule has 0 aliphatic heterocycles. The van der Waals surface area contributed by atoms with Gasteiger partial charge in [-0.3, -0.25) is 9.48 Å². The van der Waals surface area contributed by atoms with Crippen molar-refractivity contribution in [2.24, 2.45) is 5.73 Å². The molecule has 2 N–H and O–H groups in total. The van der Waals surface area contributed by atoms with Crippen LogP contribution in [0.2, 0.25) is 0 Å². The quantitative estimate of drug-likeness (QED) is 0.859. The maximum absolute atomic E-state index is 12.4. The van der Waals surface area contributed by atoms with E-state index >= 15 is 0 Å². The van der Waals surface area contributed by atoms with Crippen LogP contribution < -0.4 is 5.73 Å². The van der Waals surface area contributed by atoms with Gasteiger partial charge >= 0.3 is 6.18 Å². The zero-order valence-corrected chi connectivity index (χ0v) is 8.71. The van der Waals surface area contributed by atoms with Crippen LogP contribution in [0.15, 0.2) is 6.20 Å². The van der Waals surface area contributed by atoms with Crippen molar-refractivity contribution < 1.29 is 18.0 Å². The first kappa shape index (κ1) is 12.5. The molecule has 16 heavy (non-hydrogen) atoms. The monoisotopic (exact) mass is 235 g/mol. The van der Waals surface area contributed by atoms with Crippen molar-refractivity contribution in [2.75, 3.05) is 0 Å². The molecule has 0 bridgehead atoms. The first-order chi connectivity index (χ1) is 7.30. The average Bonchev–Trinajstić information content (AvgIpc) is 2.45. The number of nitrogens with zero attached hydrogens (tertiary/aromatic N) is 2. The maximum atomic E-state index is 12.4. The fourth-order valence-corrected chi connectivity index (χ4v) is 1.33. The van der Waals surface area contributed by atoms with Gasteiger partial charge in [-0.25, -0.2) is 0 Å². The van der Waals surface area contributed by atoms with Crippen LogP contribution in [0, 0.1) is 6.92 Å². The second-order valence-electron chi connectivity index (χ2n) is 3.49. The fourth-order valence-electron chi connectivity index (χ4n) is 1.33. The molecule has 1 aromatic heterocycles. The highest BCUT2D eigenvalue weighted by atomic mass is 19.4. The average molecular weight is 235 g/mol. The van der Waals surface area contributed by atoms with Gasteiger partial charge in [0, 0.05) is 19.2 Å². The zero-order chi connectivity index (χ0) is 12.3. The summed E-state index contributed by atoms with van der Waals surface area (Å²) in [5.74, 6) is -0.472. The van der Waals surface area contributed by atoms with E-state index in [1.54, 1.807) is 0 Å². The predicted molar refractivity (Wildman–Crippen MR) is 50.4 cm³/mol. The van der Waals surface area contributed by atoms with Gasteiger partial charge in [0.25, 0.3) is 0 Å². The minimum Gasteiger partial charge on any atom is -0.370 e. The molecule has 1 heterocycles. The fraction of sp³-hybridized carbons (Fsp3) is 0.556. The lowest BCUT2D eigenvalue weighted by Crippen LogP contribution is -2.12. The molecular formula is C9H12F3N3O. The maximum Gasteiger partial charge on any atom is 0.435 e. The molecule has 0 radical (unpaired) electrons. The van der Waals surface area contributed by atoms with Crippen molar-refractivity contribution in [1.29, 1.82) is 0 Å². The van der Waals surface area contributed by atoms with E-state index in [9.17, 15) is 18.0 Å². The number of aromatic nitrogens is 2. The third-order valence-electron chi connectivity index (χ3n) is 2.02. The molecule has 0 aromatic carbocycles. The summed E-state index contributed by atoms with van der Waals surface area (Å²) in [5, 5.41) is 3.42. The number of hydrogen-bond donors (Lipinski definition) is 1. The molecule has 0 atom stereocenters. The standard InChI is InChI=1S/C9H12F3N3O/c1-6-5-15(4-2-3-7(13)16)14-8(6)9(10,11)12/h5H,2-4H2,1H3,(H2,13,16). The molecule has 0 unspecified atom stereocenters. The lowest BCUT2D eigenvalue weighted by Gasteiger charge is -2.02. The molecule has 0 saturated heterocycles. The molecule has 0 saturated carbocycles. The number of carbonyl (C=O) groups excluding carboxylic acids is 1. The number of carbonyl (C=O) groups is 1. The van der Waals surface area contributed by atoms with Gasteiger partial charge in [-0.05, 0) is 18.9 Å². The van der Waals surface area contributed by atoms with E-state index in [1.165, 1.54) is 17.8 Å². The normalized spacial score (nSPS) is 11.8. The van der Waals surface area contributed by atoms with Crippen LogP contribution in [-0.4, -0.2) is 15.7 Å². The summed E-state index contributed by atoms with van der Waals surface area (Å²) in [7, 11) is 0. The molecule has 1 amide bonds. The van der Waals surface area contributed by atoms with Crippen LogP contribution in [0.1, 0.15) is 24.1 Å². The van der Waals surface area contributed by atoms with E-state index in [1.807, 2.05) is 0 Å². The Hall–Kier alpha value is -1.53. The Morgan fingerprint density at radius 1 is 1.56 bits per heavy atom. The Labute approximate surface area is 90.2 Å². The van der Waals surface area contributed by atoms with Crippen molar-refractivity contribution >= 4 is 5.91 Å². The van der Waals surface area contributed by atoms with Crippen molar-refractivity contribution in [3.8, 4) is 0 Å². The van der Waals surface area contributed by atoms with E-state index in [2.05, 4.69) is 5.10 Å². The van der Waals surface area contributed by atoms with E-state index in [0.29, 0.717) is 6.42 Å². The minimum atomic E-state index is -4.43. The minimum absolute atomic E-state index is 0.0755.